The summed E-state index contributed by atoms with van der Waals surface area (Å²) in [6.45, 7) is 3.61. The van der Waals surface area contributed by atoms with E-state index in [-0.39, 0.29) is 17.7 Å². The summed E-state index contributed by atoms with van der Waals surface area (Å²) in [7, 11) is 3.90. The number of nitrogens with one attached hydrogen (secondary N) is 1. The Balaban J connectivity index is 1.27. The summed E-state index contributed by atoms with van der Waals surface area (Å²) >= 11 is 2.91. The van der Waals surface area contributed by atoms with E-state index >= 15 is 0 Å². The highest BCUT2D eigenvalue weighted by Gasteiger charge is 2.25. The molecule has 1 saturated heterocycles. The van der Waals surface area contributed by atoms with E-state index in [0.29, 0.717) is 54.1 Å². The lowest BCUT2D eigenvalue weighted by molar-refractivity contribution is -0.130. The van der Waals surface area contributed by atoms with Crippen molar-refractivity contribution in [2.75, 3.05) is 50.5 Å². The van der Waals surface area contributed by atoms with Gasteiger partial charge in [-0.2, -0.15) is 0 Å². The van der Waals surface area contributed by atoms with E-state index in [0.717, 1.165) is 9.90 Å². The highest BCUT2D eigenvalue weighted by molar-refractivity contribution is 8.00. The van der Waals surface area contributed by atoms with Crippen LogP contribution in [-0.2, 0) is 10.5 Å². The number of thioether (sulfide) groups is 1. The van der Waals surface area contributed by atoms with Gasteiger partial charge in [-0.15, -0.1) is 11.8 Å². The first-order chi connectivity index (χ1) is 16.8. The van der Waals surface area contributed by atoms with Gasteiger partial charge in [0.1, 0.15) is 5.76 Å². The molecule has 0 spiro atoms. The summed E-state index contributed by atoms with van der Waals surface area (Å²) in [4.78, 5) is 46.4. The van der Waals surface area contributed by atoms with Crippen LogP contribution in [0.15, 0.2) is 51.2 Å². The van der Waals surface area contributed by atoms with E-state index < -0.39 is 0 Å². The fourth-order valence-corrected chi connectivity index (χ4v) is 5.32. The van der Waals surface area contributed by atoms with E-state index in [9.17, 15) is 14.4 Å². The van der Waals surface area contributed by atoms with Crippen molar-refractivity contribution >= 4 is 51.6 Å². The molecule has 1 aromatic carbocycles. The molecule has 1 fully saturated rings. The molecule has 0 atom stereocenters. The number of carbonyl (C=O) groups excluding carboxylic acids is 3. The highest BCUT2D eigenvalue weighted by Crippen LogP contribution is 2.31. The van der Waals surface area contributed by atoms with Gasteiger partial charge in [-0.3, -0.25) is 19.7 Å². The van der Waals surface area contributed by atoms with E-state index in [4.69, 9.17) is 4.42 Å². The van der Waals surface area contributed by atoms with Crippen LogP contribution in [0, 0.1) is 0 Å². The van der Waals surface area contributed by atoms with Crippen LogP contribution in [0.4, 0.5) is 10.8 Å². The van der Waals surface area contributed by atoms with E-state index in [1.54, 1.807) is 40.3 Å². The largest absolute Gasteiger partial charge is 0.455 e. The minimum absolute atomic E-state index is 0.0267. The van der Waals surface area contributed by atoms with Crippen molar-refractivity contribution in [2.45, 2.75) is 16.9 Å². The zero-order chi connectivity index (χ0) is 24.9. The van der Waals surface area contributed by atoms with E-state index in [1.807, 2.05) is 31.1 Å². The number of carbonyl (C=O) groups is 3. The molecule has 0 unspecified atom stereocenters. The Morgan fingerprint density at radius 2 is 1.74 bits per heavy atom. The molecular formula is C24H27N5O4S2. The number of benzene rings is 1. The van der Waals surface area contributed by atoms with Gasteiger partial charge in [0.25, 0.3) is 11.8 Å². The molecule has 0 saturated carbocycles. The average molecular weight is 514 g/mol. The van der Waals surface area contributed by atoms with Crippen LogP contribution in [0.3, 0.4) is 0 Å². The second-order valence-electron chi connectivity index (χ2n) is 8.23. The normalized spacial score (nSPS) is 13.6. The summed E-state index contributed by atoms with van der Waals surface area (Å²) in [6.07, 6.45) is 1.71. The number of piperazine rings is 1. The Morgan fingerprint density at radius 1 is 1.06 bits per heavy atom. The zero-order valence-corrected chi connectivity index (χ0v) is 21.4. The molecule has 1 aliphatic heterocycles. The lowest BCUT2D eigenvalue weighted by Crippen LogP contribution is -2.50. The molecule has 3 aromatic rings. The summed E-state index contributed by atoms with van der Waals surface area (Å²) in [5.41, 5.74) is 1.59. The maximum Gasteiger partial charge on any atom is 0.289 e. The number of nitrogens with zero attached hydrogens (tertiary/aromatic N) is 4. The quantitative estimate of drug-likeness (QED) is 0.482. The van der Waals surface area contributed by atoms with Gasteiger partial charge >= 0.3 is 0 Å². The summed E-state index contributed by atoms with van der Waals surface area (Å²) in [5, 5.41) is 3.36. The Hall–Kier alpha value is -3.31. The minimum Gasteiger partial charge on any atom is -0.455 e. The van der Waals surface area contributed by atoms with Crippen LogP contribution in [0.5, 0.6) is 0 Å². The van der Waals surface area contributed by atoms with Crippen LogP contribution in [0.25, 0.3) is 0 Å². The van der Waals surface area contributed by atoms with Crippen molar-refractivity contribution in [1.82, 2.24) is 14.8 Å². The molecule has 35 heavy (non-hydrogen) atoms. The predicted octanol–water partition coefficient (Wildman–Crippen LogP) is 3.65. The summed E-state index contributed by atoms with van der Waals surface area (Å²) < 4.78 is 6.69. The second-order valence-corrected chi connectivity index (χ2v) is 10.5. The summed E-state index contributed by atoms with van der Waals surface area (Å²) in [5.74, 6) is 1.17. The number of rotatable bonds is 7. The van der Waals surface area contributed by atoms with Crippen molar-refractivity contribution in [3.05, 3.63) is 59.7 Å². The van der Waals surface area contributed by atoms with Gasteiger partial charge in [0.05, 0.1) is 16.2 Å². The zero-order valence-electron chi connectivity index (χ0n) is 19.8. The van der Waals surface area contributed by atoms with Crippen LogP contribution >= 0.6 is 23.1 Å². The first kappa shape index (κ1) is 24.8. The van der Waals surface area contributed by atoms with E-state index in [2.05, 4.69) is 10.3 Å². The molecule has 3 heterocycles. The van der Waals surface area contributed by atoms with Crippen molar-refractivity contribution in [1.29, 1.82) is 0 Å². The third kappa shape index (κ3) is 6.23. The fraction of sp³-hybridized carbons (Fsp3) is 0.333. The van der Waals surface area contributed by atoms with Crippen molar-refractivity contribution in [3.8, 4) is 0 Å². The van der Waals surface area contributed by atoms with Gasteiger partial charge in [-0.05, 0) is 36.4 Å². The second kappa shape index (κ2) is 11.0. The fourth-order valence-electron chi connectivity index (χ4n) is 3.56. The molecule has 0 radical (unpaired) electrons. The number of hydrogen-bond acceptors (Lipinski definition) is 8. The predicted molar refractivity (Wildman–Crippen MR) is 137 cm³/mol. The number of anilines is 2. The SMILES string of the molecule is CC(=O)N1CCN(C(=O)c2ccc(CSc3cnc(NC(=O)c4ccc(N(C)C)cc4)s3)o2)CC1. The van der Waals surface area contributed by atoms with Crippen molar-refractivity contribution < 1.29 is 18.8 Å². The molecule has 184 valence electrons. The summed E-state index contributed by atoms with van der Waals surface area (Å²) in [6, 6.07) is 10.8. The Kier molecular flexibility index (Phi) is 7.76. The number of aromatic nitrogens is 1. The lowest BCUT2D eigenvalue weighted by Gasteiger charge is -2.33. The van der Waals surface area contributed by atoms with Crippen LogP contribution in [0.2, 0.25) is 0 Å². The monoisotopic (exact) mass is 513 g/mol. The number of hydrogen-bond donors (Lipinski definition) is 1. The average Bonchev–Trinajstić information content (AvgIpc) is 3.52. The maximum absolute atomic E-state index is 12.7. The van der Waals surface area contributed by atoms with Gasteiger partial charge in [0, 0.05) is 58.4 Å². The number of furan rings is 1. The Bertz CT molecular complexity index is 1200. The molecule has 9 nitrogen and oxygen atoms in total. The van der Waals surface area contributed by atoms with Gasteiger partial charge in [-0.25, -0.2) is 4.98 Å². The molecule has 4 rings (SSSR count). The minimum atomic E-state index is -0.209. The Morgan fingerprint density at radius 3 is 2.40 bits per heavy atom. The molecule has 2 aromatic heterocycles. The smallest absolute Gasteiger partial charge is 0.289 e. The molecule has 0 bridgehead atoms. The van der Waals surface area contributed by atoms with Gasteiger partial charge in [-0.1, -0.05) is 11.3 Å². The van der Waals surface area contributed by atoms with Crippen LogP contribution in [0.1, 0.15) is 33.6 Å². The highest BCUT2D eigenvalue weighted by atomic mass is 32.2. The number of amides is 3. The van der Waals surface area contributed by atoms with Crippen molar-refractivity contribution in [3.63, 3.8) is 0 Å². The number of thiazole rings is 1. The van der Waals surface area contributed by atoms with Crippen LogP contribution < -0.4 is 10.2 Å². The first-order valence-electron chi connectivity index (χ1n) is 11.1. The van der Waals surface area contributed by atoms with Crippen LogP contribution in [-0.4, -0.2) is 72.8 Å². The van der Waals surface area contributed by atoms with Gasteiger partial charge in [0.15, 0.2) is 10.9 Å². The topological polar surface area (TPSA) is 99.0 Å². The standard InChI is InChI=1S/C24H27N5O4S2/c1-16(30)28-10-12-29(13-11-28)23(32)20-9-8-19(33-20)15-34-21-14-25-24(35-21)26-22(31)17-4-6-18(7-5-17)27(2)3/h4-9,14H,10-13,15H2,1-3H3,(H,25,26,31). The maximum atomic E-state index is 12.7. The third-order valence-electron chi connectivity index (χ3n) is 5.59. The van der Waals surface area contributed by atoms with Gasteiger partial charge in [0.2, 0.25) is 5.91 Å². The van der Waals surface area contributed by atoms with Crippen molar-refractivity contribution in [2.24, 2.45) is 0 Å². The molecular weight excluding hydrogens is 486 g/mol. The molecule has 0 aliphatic carbocycles. The third-order valence-corrected chi connectivity index (χ3v) is 7.72. The Labute approximate surface area is 212 Å². The molecule has 1 N–H and O–H groups in total. The molecule has 1 aliphatic rings. The lowest BCUT2D eigenvalue weighted by atomic mass is 10.2. The van der Waals surface area contributed by atoms with E-state index in [1.165, 1.54) is 30.0 Å². The molecule has 3 amide bonds. The molecule has 11 heteroatoms. The first-order valence-corrected chi connectivity index (χ1v) is 12.9. The van der Waals surface area contributed by atoms with Gasteiger partial charge < -0.3 is 19.1 Å².